The molecule has 0 saturated heterocycles. The molecule has 0 atom stereocenters. The Labute approximate surface area is 109 Å². The lowest BCUT2D eigenvalue weighted by atomic mass is 9.91. The summed E-state index contributed by atoms with van der Waals surface area (Å²) in [7, 11) is 0. The molecule has 0 saturated carbocycles. The first-order valence-corrected chi connectivity index (χ1v) is 6.68. The molecule has 0 amide bonds. The Kier molecular flexibility index (Phi) is 3.27. The standard InChI is InChI=1S/C18H18/c1-2-8-15(7-1)13-17-11-5-6-12-18(17)14-16-9-3-4-10-16/h1-12,15-16H,13-14H2. The minimum Gasteiger partial charge on any atom is -0.0773 e. The minimum absolute atomic E-state index is 0.584. The fraction of sp³-hybridized carbons (Fsp3) is 0.222. The van der Waals surface area contributed by atoms with Crippen molar-refractivity contribution in [2.75, 3.05) is 0 Å². The van der Waals surface area contributed by atoms with E-state index >= 15 is 0 Å². The number of rotatable bonds is 4. The van der Waals surface area contributed by atoms with Crippen LogP contribution in [-0.2, 0) is 12.8 Å². The molecule has 18 heavy (non-hydrogen) atoms. The van der Waals surface area contributed by atoms with Gasteiger partial charge in [0, 0.05) is 0 Å². The molecular weight excluding hydrogens is 216 g/mol. The topological polar surface area (TPSA) is 0 Å². The van der Waals surface area contributed by atoms with E-state index in [1.807, 2.05) is 0 Å². The van der Waals surface area contributed by atoms with E-state index < -0.39 is 0 Å². The predicted octanol–water partition coefficient (Wildman–Crippen LogP) is 4.26. The number of allylic oxidation sites excluding steroid dienone is 8. The summed E-state index contributed by atoms with van der Waals surface area (Å²) in [6, 6.07) is 8.86. The Hall–Kier alpha value is -1.82. The number of benzene rings is 1. The van der Waals surface area contributed by atoms with Crippen molar-refractivity contribution >= 4 is 0 Å². The molecular formula is C18H18. The lowest BCUT2D eigenvalue weighted by Crippen LogP contribution is -2.04. The van der Waals surface area contributed by atoms with Crippen molar-refractivity contribution < 1.29 is 0 Å². The Morgan fingerprint density at radius 1 is 0.611 bits per heavy atom. The lowest BCUT2D eigenvalue weighted by molar-refractivity contribution is 0.766. The summed E-state index contributed by atoms with van der Waals surface area (Å²) in [6.07, 6.45) is 20.0. The van der Waals surface area contributed by atoms with Crippen molar-refractivity contribution in [1.29, 1.82) is 0 Å². The third kappa shape index (κ3) is 2.53. The molecule has 1 aromatic rings. The van der Waals surface area contributed by atoms with Gasteiger partial charge in [0.15, 0.2) is 0 Å². The van der Waals surface area contributed by atoms with Crippen LogP contribution in [0.2, 0.25) is 0 Å². The SMILES string of the molecule is C1=CC(Cc2ccccc2CC2C=CC=C2)C=C1. The summed E-state index contributed by atoms with van der Waals surface area (Å²) in [5.74, 6) is 1.17. The van der Waals surface area contributed by atoms with Gasteiger partial charge >= 0.3 is 0 Å². The highest BCUT2D eigenvalue weighted by Crippen LogP contribution is 2.23. The molecule has 0 aliphatic heterocycles. The summed E-state index contributed by atoms with van der Waals surface area (Å²) in [5, 5.41) is 0. The van der Waals surface area contributed by atoms with Crippen LogP contribution in [0.4, 0.5) is 0 Å². The summed E-state index contributed by atoms with van der Waals surface area (Å²) < 4.78 is 0. The smallest absolute Gasteiger partial charge is 0.000673 e. The quantitative estimate of drug-likeness (QED) is 0.730. The first-order valence-electron chi connectivity index (χ1n) is 6.68. The Morgan fingerprint density at radius 2 is 1.00 bits per heavy atom. The van der Waals surface area contributed by atoms with Gasteiger partial charge in [0.05, 0.1) is 0 Å². The first kappa shape index (κ1) is 11.3. The van der Waals surface area contributed by atoms with E-state index in [9.17, 15) is 0 Å². The van der Waals surface area contributed by atoms with E-state index in [1.54, 1.807) is 0 Å². The van der Waals surface area contributed by atoms with Crippen LogP contribution in [0.25, 0.3) is 0 Å². The summed E-state index contributed by atoms with van der Waals surface area (Å²) >= 11 is 0. The molecule has 1 aromatic carbocycles. The van der Waals surface area contributed by atoms with E-state index in [2.05, 4.69) is 72.9 Å². The third-order valence-electron chi connectivity index (χ3n) is 3.69. The average molecular weight is 234 g/mol. The largest absolute Gasteiger partial charge is 0.0773 e. The molecule has 0 bridgehead atoms. The molecule has 3 rings (SSSR count). The monoisotopic (exact) mass is 234 g/mol. The second-order valence-corrected chi connectivity index (χ2v) is 5.04. The van der Waals surface area contributed by atoms with Crippen LogP contribution in [0.1, 0.15) is 11.1 Å². The molecule has 0 spiro atoms. The summed E-state index contributed by atoms with van der Waals surface area (Å²) in [5.41, 5.74) is 2.99. The zero-order valence-electron chi connectivity index (χ0n) is 10.5. The highest BCUT2D eigenvalue weighted by Gasteiger charge is 2.11. The van der Waals surface area contributed by atoms with Gasteiger partial charge in [0.2, 0.25) is 0 Å². The number of hydrogen-bond acceptors (Lipinski definition) is 0. The minimum atomic E-state index is 0.584. The molecule has 0 heterocycles. The third-order valence-corrected chi connectivity index (χ3v) is 3.69. The van der Waals surface area contributed by atoms with Crippen molar-refractivity contribution in [1.82, 2.24) is 0 Å². The predicted molar refractivity (Wildman–Crippen MR) is 77.4 cm³/mol. The fourth-order valence-electron chi connectivity index (χ4n) is 2.69. The molecule has 0 unspecified atom stereocenters. The normalized spacial score (nSPS) is 18.2. The molecule has 2 aliphatic rings. The van der Waals surface area contributed by atoms with Gasteiger partial charge in [-0.05, 0) is 35.8 Å². The molecule has 0 radical (unpaired) electrons. The van der Waals surface area contributed by atoms with E-state index in [-0.39, 0.29) is 0 Å². The van der Waals surface area contributed by atoms with E-state index in [0.717, 1.165) is 12.8 Å². The summed E-state index contributed by atoms with van der Waals surface area (Å²) in [6.45, 7) is 0. The fourth-order valence-corrected chi connectivity index (χ4v) is 2.69. The molecule has 0 nitrogen and oxygen atoms in total. The van der Waals surface area contributed by atoms with E-state index in [1.165, 1.54) is 11.1 Å². The maximum absolute atomic E-state index is 2.28. The first-order chi connectivity index (χ1) is 8.92. The van der Waals surface area contributed by atoms with Crippen molar-refractivity contribution in [2.45, 2.75) is 12.8 Å². The van der Waals surface area contributed by atoms with Crippen molar-refractivity contribution in [2.24, 2.45) is 11.8 Å². The molecule has 0 N–H and O–H groups in total. The molecule has 0 aromatic heterocycles. The van der Waals surface area contributed by atoms with Gasteiger partial charge in [-0.3, -0.25) is 0 Å². The van der Waals surface area contributed by atoms with Gasteiger partial charge in [-0.2, -0.15) is 0 Å². The van der Waals surface area contributed by atoms with Gasteiger partial charge in [0.25, 0.3) is 0 Å². The zero-order chi connectivity index (χ0) is 12.2. The van der Waals surface area contributed by atoms with Gasteiger partial charge in [0.1, 0.15) is 0 Å². The maximum atomic E-state index is 2.28. The van der Waals surface area contributed by atoms with Crippen LogP contribution in [0.3, 0.4) is 0 Å². The van der Waals surface area contributed by atoms with Crippen LogP contribution in [0, 0.1) is 11.8 Å². The lowest BCUT2D eigenvalue weighted by Gasteiger charge is -2.13. The van der Waals surface area contributed by atoms with Gasteiger partial charge < -0.3 is 0 Å². The van der Waals surface area contributed by atoms with Crippen molar-refractivity contribution in [3.63, 3.8) is 0 Å². The van der Waals surface area contributed by atoms with Crippen molar-refractivity contribution in [3.8, 4) is 0 Å². The maximum Gasteiger partial charge on any atom is -0.000673 e. The van der Waals surface area contributed by atoms with Crippen LogP contribution in [0.15, 0.2) is 72.9 Å². The van der Waals surface area contributed by atoms with Crippen molar-refractivity contribution in [3.05, 3.63) is 84.0 Å². The summed E-state index contributed by atoms with van der Waals surface area (Å²) in [4.78, 5) is 0. The molecule has 2 aliphatic carbocycles. The van der Waals surface area contributed by atoms with Crippen LogP contribution in [-0.4, -0.2) is 0 Å². The van der Waals surface area contributed by atoms with Crippen LogP contribution < -0.4 is 0 Å². The number of hydrogen-bond donors (Lipinski definition) is 0. The Morgan fingerprint density at radius 3 is 1.39 bits per heavy atom. The molecule has 90 valence electrons. The second kappa shape index (κ2) is 5.22. The van der Waals surface area contributed by atoms with Crippen LogP contribution >= 0.6 is 0 Å². The Balaban J connectivity index is 1.76. The average Bonchev–Trinajstić information content (AvgIpc) is 3.05. The van der Waals surface area contributed by atoms with E-state index in [4.69, 9.17) is 0 Å². The van der Waals surface area contributed by atoms with Crippen LogP contribution in [0.5, 0.6) is 0 Å². The molecule has 0 fully saturated rings. The van der Waals surface area contributed by atoms with Gasteiger partial charge in [-0.25, -0.2) is 0 Å². The molecule has 0 heteroatoms. The highest BCUT2D eigenvalue weighted by atomic mass is 14.2. The van der Waals surface area contributed by atoms with Gasteiger partial charge in [-0.15, -0.1) is 0 Å². The zero-order valence-corrected chi connectivity index (χ0v) is 10.5. The Bertz CT molecular complexity index is 456. The van der Waals surface area contributed by atoms with Gasteiger partial charge in [-0.1, -0.05) is 72.9 Å². The second-order valence-electron chi connectivity index (χ2n) is 5.04. The highest BCUT2D eigenvalue weighted by molar-refractivity contribution is 5.33. The van der Waals surface area contributed by atoms with E-state index in [0.29, 0.717) is 11.8 Å².